The van der Waals surface area contributed by atoms with Crippen LogP contribution in [0.5, 0.6) is 0 Å². The monoisotopic (exact) mass is 484 g/mol. The molecule has 0 aliphatic heterocycles. The Hall–Kier alpha value is -0.463. The van der Waals surface area contributed by atoms with Gasteiger partial charge in [0.1, 0.15) is 5.78 Å². The number of ketones is 1. The van der Waals surface area contributed by atoms with Crippen LogP contribution < -0.4 is 0 Å². The molecule has 0 saturated carbocycles. The number of allylic oxidation sites excluding steroid dienone is 2. The lowest BCUT2D eigenvalue weighted by molar-refractivity contribution is -0.123. The highest BCUT2D eigenvalue weighted by Crippen LogP contribution is 2.42. The van der Waals surface area contributed by atoms with E-state index in [9.17, 15) is 4.79 Å². The quantitative estimate of drug-likeness (QED) is 0.254. The summed E-state index contributed by atoms with van der Waals surface area (Å²) in [7, 11) is -1.94. The van der Waals surface area contributed by atoms with Gasteiger partial charge < -0.3 is 4.43 Å². The van der Waals surface area contributed by atoms with Gasteiger partial charge >= 0.3 is 0 Å². The predicted octanol–water partition coefficient (Wildman–Crippen LogP) is 7.06. The van der Waals surface area contributed by atoms with Crippen LogP contribution in [0.25, 0.3) is 0 Å². The first-order chi connectivity index (χ1) is 12.0. The number of rotatable bonds is 5. The van der Waals surface area contributed by atoms with Crippen LogP contribution in [-0.4, -0.2) is 14.1 Å². The molecular weight excluding hydrogens is 451 g/mol. The van der Waals surface area contributed by atoms with Crippen molar-refractivity contribution in [3.8, 4) is 0 Å². The van der Waals surface area contributed by atoms with E-state index in [1.807, 2.05) is 0 Å². The maximum absolute atomic E-state index is 12.7. The summed E-state index contributed by atoms with van der Waals surface area (Å²) in [6.07, 6.45) is 5.47. The third-order valence-corrected chi connectivity index (χ3v) is 11.4. The Kier molecular flexibility index (Phi) is 7.30. The van der Waals surface area contributed by atoms with Gasteiger partial charge in [0.15, 0.2) is 8.32 Å². The lowest BCUT2D eigenvalue weighted by atomic mass is 9.90. The Labute approximate surface area is 174 Å². The third kappa shape index (κ3) is 5.52. The van der Waals surface area contributed by atoms with E-state index in [1.165, 1.54) is 14.7 Å². The Morgan fingerprint density at radius 1 is 1.23 bits per heavy atom. The summed E-state index contributed by atoms with van der Waals surface area (Å²) >= 11 is 2.40. The molecule has 1 aromatic rings. The minimum atomic E-state index is -1.94. The zero-order chi connectivity index (χ0) is 19.5. The van der Waals surface area contributed by atoms with Crippen LogP contribution >= 0.6 is 22.6 Å². The topological polar surface area (TPSA) is 26.3 Å². The van der Waals surface area contributed by atoms with Crippen LogP contribution in [0.3, 0.4) is 0 Å². The second-order valence-corrected chi connectivity index (χ2v) is 15.0. The Bertz CT molecular complexity index is 673. The van der Waals surface area contributed by atoms with Crippen molar-refractivity contribution in [1.82, 2.24) is 0 Å². The minimum absolute atomic E-state index is 0.00949. The van der Waals surface area contributed by atoms with E-state index in [0.717, 1.165) is 19.3 Å². The fourth-order valence-corrected chi connectivity index (χ4v) is 5.12. The number of Topliss-reactive ketones (excluding diaryl/α,β-unsaturated/α-hetero) is 1. The number of hydrogen-bond acceptors (Lipinski definition) is 2. The van der Waals surface area contributed by atoms with E-state index < -0.39 is 8.32 Å². The smallest absolute Gasteiger partial charge is 0.192 e. The molecule has 1 aliphatic rings. The second kappa shape index (κ2) is 8.70. The van der Waals surface area contributed by atoms with Gasteiger partial charge in [-0.1, -0.05) is 50.6 Å². The molecular formula is C22H33IO2Si. The molecule has 0 bridgehead atoms. The van der Waals surface area contributed by atoms with E-state index >= 15 is 0 Å². The highest BCUT2D eigenvalue weighted by molar-refractivity contribution is 14.1. The van der Waals surface area contributed by atoms with Gasteiger partial charge in [-0.2, -0.15) is 0 Å². The fraction of sp³-hybridized carbons (Fsp3) is 0.591. The van der Waals surface area contributed by atoms with Crippen molar-refractivity contribution in [1.29, 1.82) is 0 Å². The maximum Gasteiger partial charge on any atom is 0.192 e. The Morgan fingerprint density at radius 2 is 1.88 bits per heavy atom. The van der Waals surface area contributed by atoms with Crippen molar-refractivity contribution in [2.24, 2.45) is 5.92 Å². The molecule has 2 nitrogen and oxygen atoms in total. The van der Waals surface area contributed by atoms with E-state index in [-0.39, 0.29) is 17.1 Å². The average molecular weight is 484 g/mol. The summed E-state index contributed by atoms with van der Waals surface area (Å²) in [5.41, 5.74) is 2.58. The molecule has 1 aliphatic carbocycles. The first-order valence-electron chi connectivity index (χ1n) is 9.62. The number of halogens is 1. The standard InChI is InChI=1S/C22H33IO2Si/c1-16-11-13-17(20(24)14-12-16)15-21(18-9-7-8-10-19(18)23)25-26(5,6)22(2,3)4/h7-11,17,21H,12-15H2,1-6H3. The highest BCUT2D eigenvalue weighted by Gasteiger charge is 2.40. The molecule has 2 atom stereocenters. The number of carbonyl (C=O) groups excluding carboxylic acids is 1. The van der Waals surface area contributed by atoms with Crippen LogP contribution in [0.15, 0.2) is 35.9 Å². The van der Waals surface area contributed by atoms with Gasteiger partial charge in [0.2, 0.25) is 0 Å². The minimum Gasteiger partial charge on any atom is -0.410 e. The van der Waals surface area contributed by atoms with Gasteiger partial charge in [0.25, 0.3) is 0 Å². The molecule has 0 amide bonds. The van der Waals surface area contributed by atoms with E-state index in [1.54, 1.807) is 0 Å². The first-order valence-corrected chi connectivity index (χ1v) is 13.6. The second-order valence-electron chi connectivity index (χ2n) is 9.07. The lowest BCUT2D eigenvalue weighted by Gasteiger charge is -2.40. The SMILES string of the molecule is CC1=CCC(CC(O[Si](C)(C)C(C)(C)C)c2ccccc2I)C(=O)CC1. The highest BCUT2D eigenvalue weighted by atomic mass is 127. The number of carbonyl (C=O) groups is 1. The molecule has 2 unspecified atom stereocenters. The Morgan fingerprint density at radius 3 is 2.50 bits per heavy atom. The normalized spacial score (nSPS) is 20.5. The van der Waals surface area contributed by atoms with Gasteiger partial charge in [-0.15, -0.1) is 0 Å². The molecule has 0 radical (unpaired) electrons. The summed E-state index contributed by atoms with van der Waals surface area (Å²) in [6, 6.07) is 8.45. The van der Waals surface area contributed by atoms with Crippen molar-refractivity contribution in [2.75, 3.05) is 0 Å². The first kappa shape index (κ1) is 21.8. The predicted molar refractivity (Wildman–Crippen MR) is 121 cm³/mol. The van der Waals surface area contributed by atoms with Crippen LogP contribution in [0.2, 0.25) is 18.1 Å². The fourth-order valence-electron chi connectivity index (χ4n) is 3.09. The van der Waals surface area contributed by atoms with Crippen molar-refractivity contribution < 1.29 is 9.22 Å². The summed E-state index contributed by atoms with van der Waals surface area (Å²) in [6.45, 7) is 13.6. The molecule has 0 spiro atoms. The average Bonchev–Trinajstić information content (AvgIpc) is 2.69. The van der Waals surface area contributed by atoms with Crippen molar-refractivity contribution in [2.45, 2.75) is 77.6 Å². The van der Waals surface area contributed by atoms with Gasteiger partial charge in [-0.25, -0.2) is 0 Å². The maximum atomic E-state index is 12.7. The molecule has 4 heteroatoms. The van der Waals surface area contributed by atoms with Gasteiger partial charge in [0.05, 0.1) is 6.10 Å². The summed E-state index contributed by atoms with van der Waals surface area (Å²) in [4.78, 5) is 12.7. The molecule has 0 fully saturated rings. The Balaban J connectivity index is 2.32. The summed E-state index contributed by atoms with van der Waals surface area (Å²) < 4.78 is 8.07. The molecule has 0 heterocycles. The zero-order valence-corrected chi connectivity index (χ0v) is 20.2. The van der Waals surface area contributed by atoms with Crippen LogP contribution in [0, 0.1) is 9.49 Å². The van der Waals surface area contributed by atoms with Crippen molar-refractivity contribution in [3.63, 3.8) is 0 Å². The van der Waals surface area contributed by atoms with E-state index in [4.69, 9.17) is 4.43 Å². The van der Waals surface area contributed by atoms with Crippen molar-refractivity contribution in [3.05, 3.63) is 45.0 Å². The molecule has 144 valence electrons. The van der Waals surface area contributed by atoms with E-state index in [2.05, 4.69) is 93.7 Å². The zero-order valence-electron chi connectivity index (χ0n) is 17.1. The molecule has 0 N–H and O–H groups in total. The molecule has 2 rings (SSSR count). The number of benzene rings is 1. The van der Waals surface area contributed by atoms with Crippen molar-refractivity contribution >= 4 is 36.7 Å². The van der Waals surface area contributed by atoms with Gasteiger partial charge in [-0.3, -0.25) is 4.79 Å². The van der Waals surface area contributed by atoms with Crippen LogP contribution in [0.1, 0.15) is 65.0 Å². The molecule has 26 heavy (non-hydrogen) atoms. The van der Waals surface area contributed by atoms with Crippen LogP contribution in [-0.2, 0) is 9.22 Å². The van der Waals surface area contributed by atoms with Gasteiger partial charge in [-0.05, 0) is 78.5 Å². The van der Waals surface area contributed by atoms with Gasteiger partial charge in [0, 0.05) is 15.9 Å². The lowest BCUT2D eigenvalue weighted by Crippen LogP contribution is -2.42. The molecule has 1 aromatic carbocycles. The number of hydrogen-bond donors (Lipinski definition) is 0. The third-order valence-electron chi connectivity index (χ3n) is 5.97. The van der Waals surface area contributed by atoms with E-state index in [0.29, 0.717) is 12.2 Å². The summed E-state index contributed by atoms with van der Waals surface area (Å²) in [5, 5.41) is 0.148. The summed E-state index contributed by atoms with van der Waals surface area (Å²) in [5.74, 6) is 0.464. The molecule has 0 saturated heterocycles. The van der Waals surface area contributed by atoms with Crippen LogP contribution in [0.4, 0.5) is 0 Å². The largest absolute Gasteiger partial charge is 0.410 e. The molecule has 0 aromatic heterocycles.